The van der Waals surface area contributed by atoms with Crippen LogP contribution >= 0.6 is 0 Å². The molecule has 92 valence electrons. The van der Waals surface area contributed by atoms with Crippen LogP contribution in [-0.2, 0) is 24.0 Å². The van der Waals surface area contributed by atoms with Gasteiger partial charge in [0, 0.05) is 12.0 Å². The van der Waals surface area contributed by atoms with E-state index < -0.39 is 0 Å². The third kappa shape index (κ3) is 2.19. The minimum atomic E-state index is 0.454. The normalized spacial score (nSPS) is 19.8. The number of rotatable bonds is 6. The van der Waals surface area contributed by atoms with Gasteiger partial charge in [-0.15, -0.1) is 0 Å². The second-order valence-corrected chi connectivity index (χ2v) is 5.08. The van der Waals surface area contributed by atoms with E-state index in [0.717, 1.165) is 24.5 Å². The van der Waals surface area contributed by atoms with Crippen molar-refractivity contribution in [2.45, 2.75) is 52.1 Å². The summed E-state index contributed by atoms with van der Waals surface area (Å²) in [6.07, 6.45) is 6.26. The fourth-order valence-corrected chi connectivity index (χ4v) is 2.65. The Morgan fingerprint density at radius 3 is 2.59 bits per heavy atom. The van der Waals surface area contributed by atoms with Crippen molar-refractivity contribution in [3.05, 3.63) is 22.8 Å². The Morgan fingerprint density at radius 1 is 1.18 bits per heavy atom. The molecule has 0 amide bonds. The van der Waals surface area contributed by atoms with Gasteiger partial charge in [0.25, 0.3) is 0 Å². The van der Waals surface area contributed by atoms with Crippen LogP contribution in [0.2, 0.25) is 0 Å². The SMILES string of the molecule is CCCc1cc2c(c(CC3CO3)c1CCC)O2. The van der Waals surface area contributed by atoms with Gasteiger partial charge in [-0.3, -0.25) is 0 Å². The molecule has 0 aliphatic carbocycles. The number of epoxide rings is 1. The zero-order valence-corrected chi connectivity index (χ0v) is 10.7. The van der Waals surface area contributed by atoms with E-state index >= 15 is 0 Å². The number of aryl methyl sites for hydroxylation is 1. The lowest BCUT2D eigenvalue weighted by Crippen LogP contribution is -2.01. The molecule has 1 aromatic carbocycles. The van der Waals surface area contributed by atoms with Crippen molar-refractivity contribution in [2.24, 2.45) is 0 Å². The largest absolute Gasteiger partial charge is 0.449 e. The Bertz CT molecular complexity index is 433. The van der Waals surface area contributed by atoms with E-state index in [1.807, 2.05) is 0 Å². The van der Waals surface area contributed by atoms with Gasteiger partial charge < -0.3 is 9.47 Å². The lowest BCUT2D eigenvalue weighted by atomic mass is 9.92. The number of ether oxygens (including phenoxy) is 2. The van der Waals surface area contributed by atoms with Crippen LogP contribution in [-0.4, -0.2) is 12.7 Å². The molecule has 1 aromatic rings. The molecule has 1 unspecified atom stereocenters. The average Bonchev–Trinajstić information content (AvgIpc) is 3.16. The predicted octanol–water partition coefficient (Wildman–Crippen LogP) is 3.64. The topological polar surface area (TPSA) is 25.1 Å². The maximum absolute atomic E-state index is 5.62. The third-order valence-corrected chi connectivity index (χ3v) is 3.58. The minimum absolute atomic E-state index is 0.454. The molecule has 0 saturated carbocycles. The molecule has 2 aliphatic rings. The molecule has 2 aliphatic heterocycles. The molecule has 0 aromatic heterocycles. The van der Waals surface area contributed by atoms with Crippen molar-refractivity contribution in [3.63, 3.8) is 0 Å². The molecular formula is C15H20O2. The second kappa shape index (κ2) is 4.34. The highest BCUT2D eigenvalue weighted by molar-refractivity contribution is 5.65. The van der Waals surface area contributed by atoms with Crippen LogP contribution in [0.5, 0.6) is 11.5 Å². The number of fused-ring (bicyclic) bond motifs is 1. The highest BCUT2D eigenvalue weighted by atomic mass is 16.6. The van der Waals surface area contributed by atoms with Gasteiger partial charge in [-0.1, -0.05) is 26.7 Å². The van der Waals surface area contributed by atoms with Crippen LogP contribution < -0.4 is 4.74 Å². The zero-order chi connectivity index (χ0) is 11.8. The van der Waals surface area contributed by atoms with E-state index in [1.54, 1.807) is 5.56 Å². The Balaban J connectivity index is 1.95. The second-order valence-electron chi connectivity index (χ2n) is 5.08. The molecule has 17 heavy (non-hydrogen) atoms. The van der Waals surface area contributed by atoms with E-state index in [-0.39, 0.29) is 0 Å². The van der Waals surface area contributed by atoms with Crippen LogP contribution in [0, 0.1) is 0 Å². The summed E-state index contributed by atoms with van der Waals surface area (Å²) in [5, 5.41) is 0. The monoisotopic (exact) mass is 232 g/mol. The Labute approximate surface area is 103 Å². The average molecular weight is 232 g/mol. The summed E-state index contributed by atoms with van der Waals surface area (Å²) in [4.78, 5) is 0. The molecule has 0 spiro atoms. The fourth-order valence-electron chi connectivity index (χ4n) is 2.65. The quantitative estimate of drug-likeness (QED) is 0.710. The molecule has 1 fully saturated rings. The standard InChI is InChI=1S/C15H20O2/c1-3-5-10-7-14-15(17-14)13(8-11-9-16-11)12(10)6-4-2/h7,11H,3-6,8-9H2,1-2H3. The summed E-state index contributed by atoms with van der Waals surface area (Å²) < 4.78 is 11.0. The maximum atomic E-state index is 5.62. The van der Waals surface area contributed by atoms with Crippen molar-refractivity contribution in [1.82, 2.24) is 0 Å². The van der Waals surface area contributed by atoms with E-state index in [0.29, 0.717) is 6.10 Å². The molecular weight excluding hydrogens is 212 g/mol. The van der Waals surface area contributed by atoms with Gasteiger partial charge in [-0.2, -0.15) is 0 Å². The first kappa shape index (κ1) is 11.1. The number of hydrogen-bond acceptors (Lipinski definition) is 2. The van der Waals surface area contributed by atoms with Gasteiger partial charge >= 0.3 is 0 Å². The van der Waals surface area contributed by atoms with E-state index in [1.165, 1.54) is 36.8 Å². The van der Waals surface area contributed by atoms with Crippen molar-refractivity contribution in [2.75, 3.05) is 6.61 Å². The lowest BCUT2D eigenvalue weighted by Gasteiger charge is -2.11. The van der Waals surface area contributed by atoms with Gasteiger partial charge in [0.1, 0.15) is 0 Å². The summed E-state index contributed by atoms with van der Waals surface area (Å²) in [5.41, 5.74) is 4.48. The summed E-state index contributed by atoms with van der Waals surface area (Å²) in [6, 6.07) is 2.25. The molecule has 0 radical (unpaired) electrons. The smallest absolute Gasteiger partial charge is 0.173 e. The molecule has 3 rings (SSSR count). The number of benzene rings is 1. The van der Waals surface area contributed by atoms with E-state index in [4.69, 9.17) is 9.47 Å². The Hall–Kier alpha value is -1.02. The predicted molar refractivity (Wildman–Crippen MR) is 68.0 cm³/mol. The zero-order valence-electron chi connectivity index (χ0n) is 10.7. The van der Waals surface area contributed by atoms with E-state index in [9.17, 15) is 0 Å². The highest BCUT2D eigenvalue weighted by Crippen LogP contribution is 2.52. The molecule has 2 heterocycles. The molecule has 0 bridgehead atoms. The van der Waals surface area contributed by atoms with Crippen molar-refractivity contribution in [3.8, 4) is 11.5 Å². The summed E-state index contributed by atoms with van der Waals surface area (Å²) in [5.74, 6) is 2.27. The van der Waals surface area contributed by atoms with Gasteiger partial charge in [0.2, 0.25) is 0 Å². The van der Waals surface area contributed by atoms with E-state index in [2.05, 4.69) is 19.9 Å². The summed E-state index contributed by atoms with van der Waals surface area (Å²) >= 11 is 0. The van der Waals surface area contributed by atoms with Crippen LogP contribution in [0.3, 0.4) is 0 Å². The van der Waals surface area contributed by atoms with Crippen molar-refractivity contribution < 1.29 is 9.47 Å². The highest BCUT2D eigenvalue weighted by Gasteiger charge is 2.33. The van der Waals surface area contributed by atoms with Gasteiger partial charge in [0.15, 0.2) is 11.5 Å². The van der Waals surface area contributed by atoms with Crippen LogP contribution in [0.4, 0.5) is 0 Å². The first-order valence-electron chi connectivity index (χ1n) is 6.80. The minimum Gasteiger partial charge on any atom is -0.449 e. The third-order valence-electron chi connectivity index (χ3n) is 3.58. The molecule has 2 nitrogen and oxygen atoms in total. The molecule has 0 N–H and O–H groups in total. The van der Waals surface area contributed by atoms with Gasteiger partial charge in [-0.05, 0) is 30.0 Å². The molecule has 2 heteroatoms. The fraction of sp³-hybridized carbons (Fsp3) is 0.600. The first-order valence-corrected chi connectivity index (χ1v) is 6.80. The lowest BCUT2D eigenvalue weighted by molar-refractivity contribution is 0.406. The first-order chi connectivity index (χ1) is 8.33. The Morgan fingerprint density at radius 2 is 1.94 bits per heavy atom. The summed E-state index contributed by atoms with van der Waals surface area (Å²) in [6.45, 7) is 5.42. The Kier molecular flexibility index (Phi) is 2.83. The summed E-state index contributed by atoms with van der Waals surface area (Å²) in [7, 11) is 0. The van der Waals surface area contributed by atoms with Crippen molar-refractivity contribution >= 4 is 0 Å². The van der Waals surface area contributed by atoms with Crippen molar-refractivity contribution in [1.29, 1.82) is 0 Å². The van der Waals surface area contributed by atoms with Gasteiger partial charge in [0.05, 0.1) is 12.7 Å². The number of hydrogen-bond donors (Lipinski definition) is 0. The maximum Gasteiger partial charge on any atom is 0.173 e. The van der Waals surface area contributed by atoms with Gasteiger partial charge in [-0.25, -0.2) is 0 Å². The van der Waals surface area contributed by atoms with Crippen LogP contribution in [0.25, 0.3) is 0 Å². The van der Waals surface area contributed by atoms with Crippen LogP contribution in [0.1, 0.15) is 43.4 Å². The molecule has 1 atom stereocenters. The molecule has 1 saturated heterocycles. The van der Waals surface area contributed by atoms with Crippen LogP contribution in [0.15, 0.2) is 6.07 Å².